The molecule has 1 N–H and O–H groups in total. The summed E-state index contributed by atoms with van der Waals surface area (Å²) in [6, 6.07) is 7.29. The monoisotopic (exact) mass is 467 g/mol. The van der Waals surface area contributed by atoms with Crippen LogP contribution in [0, 0.1) is 5.92 Å². The van der Waals surface area contributed by atoms with E-state index in [0.29, 0.717) is 30.8 Å². The van der Waals surface area contributed by atoms with Crippen LogP contribution in [0.15, 0.2) is 33.9 Å². The number of fused-ring (bicyclic) bond motifs is 1. The first-order valence-electron chi connectivity index (χ1n) is 12.1. The second kappa shape index (κ2) is 10.4. The number of aryl methyl sites for hydroxylation is 2. The fraction of sp³-hybridized carbons (Fsp3) is 0.520. The molecule has 0 spiro atoms. The van der Waals surface area contributed by atoms with E-state index >= 15 is 0 Å². The zero-order chi connectivity index (χ0) is 24.2. The average molecular weight is 468 g/mol. The first-order valence-corrected chi connectivity index (χ1v) is 12.1. The molecule has 2 aromatic heterocycles. The quantitative estimate of drug-likeness (QED) is 0.486. The maximum Gasteiger partial charge on any atom is 0.330 e. The van der Waals surface area contributed by atoms with E-state index in [1.165, 1.54) is 0 Å². The Morgan fingerprint density at radius 3 is 2.44 bits per heavy atom. The predicted octanol–water partition coefficient (Wildman–Crippen LogP) is 2.81. The Morgan fingerprint density at radius 1 is 1.12 bits per heavy atom. The number of aromatic amines is 1. The Hall–Kier alpha value is -3.20. The number of nitrogens with zero attached hydrogens (tertiary/aromatic N) is 4. The van der Waals surface area contributed by atoms with Gasteiger partial charge in [0.25, 0.3) is 5.56 Å². The number of ketones is 1. The Morgan fingerprint density at radius 2 is 1.82 bits per heavy atom. The molecule has 1 aliphatic rings. The largest absolute Gasteiger partial charge is 0.497 e. The average Bonchev–Trinajstić information content (AvgIpc) is 3.22. The zero-order valence-electron chi connectivity index (χ0n) is 20.2. The third kappa shape index (κ3) is 4.70. The SMILES string of the molecule is CCCCn1c(=O)[nH]c(=O)c2c1nc(CN1CCC(C(=O)c3ccc(OC)cc3)CC1)n2CC. The first-order chi connectivity index (χ1) is 16.5. The third-order valence-electron chi connectivity index (χ3n) is 6.71. The molecule has 0 amide bonds. The minimum Gasteiger partial charge on any atom is -0.497 e. The number of benzene rings is 1. The van der Waals surface area contributed by atoms with E-state index in [1.54, 1.807) is 11.7 Å². The van der Waals surface area contributed by atoms with Gasteiger partial charge in [-0.25, -0.2) is 9.78 Å². The number of likely N-dealkylation sites (tertiary alicyclic amines) is 1. The minimum atomic E-state index is -0.406. The normalized spacial score (nSPS) is 15.1. The summed E-state index contributed by atoms with van der Waals surface area (Å²) in [6.45, 7) is 7.29. The van der Waals surface area contributed by atoms with Crippen LogP contribution in [0.2, 0.25) is 0 Å². The number of carbonyl (C=O) groups is 1. The molecule has 3 aromatic rings. The van der Waals surface area contributed by atoms with Crippen molar-refractivity contribution in [2.75, 3.05) is 20.2 Å². The molecule has 34 heavy (non-hydrogen) atoms. The molecule has 0 aliphatic carbocycles. The number of nitrogens with one attached hydrogen (secondary N) is 1. The van der Waals surface area contributed by atoms with E-state index in [9.17, 15) is 14.4 Å². The van der Waals surface area contributed by atoms with Crippen LogP contribution in [-0.4, -0.2) is 50.0 Å². The summed E-state index contributed by atoms with van der Waals surface area (Å²) in [5.41, 5.74) is 0.839. The van der Waals surface area contributed by atoms with Crippen LogP contribution in [0.25, 0.3) is 11.2 Å². The highest BCUT2D eigenvalue weighted by molar-refractivity contribution is 5.98. The van der Waals surface area contributed by atoms with Crippen molar-refractivity contribution in [3.05, 3.63) is 56.5 Å². The van der Waals surface area contributed by atoms with Gasteiger partial charge in [-0.2, -0.15) is 0 Å². The summed E-state index contributed by atoms with van der Waals surface area (Å²) in [4.78, 5) is 47.4. The minimum absolute atomic E-state index is 0.00305. The van der Waals surface area contributed by atoms with Gasteiger partial charge in [0, 0.05) is 24.6 Å². The number of hydrogen-bond donors (Lipinski definition) is 1. The lowest BCUT2D eigenvalue weighted by Crippen LogP contribution is -2.36. The van der Waals surface area contributed by atoms with Gasteiger partial charge in [0.15, 0.2) is 16.9 Å². The molecule has 1 saturated heterocycles. The van der Waals surface area contributed by atoms with Crippen molar-refractivity contribution in [2.24, 2.45) is 5.92 Å². The van der Waals surface area contributed by atoms with Crippen molar-refractivity contribution < 1.29 is 9.53 Å². The van der Waals surface area contributed by atoms with Gasteiger partial charge in [-0.1, -0.05) is 13.3 Å². The van der Waals surface area contributed by atoms with Crippen molar-refractivity contribution in [1.29, 1.82) is 0 Å². The van der Waals surface area contributed by atoms with Crippen molar-refractivity contribution in [1.82, 2.24) is 24.0 Å². The van der Waals surface area contributed by atoms with E-state index in [2.05, 4.69) is 16.8 Å². The van der Waals surface area contributed by atoms with Crippen LogP contribution in [0.3, 0.4) is 0 Å². The molecule has 3 heterocycles. The molecule has 1 aromatic carbocycles. The Kier molecular flexibility index (Phi) is 7.31. The second-order valence-electron chi connectivity index (χ2n) is 8.85. The lowest BCUT2D eigenvalue weighted by atomic mass is 9.89. The number of unbranched alkanes of at least 4 members (excludes halogenated alkanes) is 1. The zero-order valence-corrected chi connectivity index (χ0v) is 20.2. The summed E-state index contributed by atoms with van der Waals surface area (Å²) in [5, 5.41) is 0. The summed E-state index contributed by atoms with van der Waals surface area (Å²) < 4.78 is 8.67. The number of H-pyrrole nitrogens is 1. The number of imidazole rings is 1. The maximum absolute atomic E-state index is 12.9. The van der Waals surface area contributed by atoms with Crippen LogP contribution in [0.5, 0.6) is 5.75 Å². The number of ether oxygens (including phenoxy) is 1. The summed E-state index contributed by atoms with van der Waals surface area (Å²) >= 11 is 0. The molecular weight excluding hydrogens is 434 g/mol. The summed E-state index contributed by atoms with van der Waals surface area (Å²) in [6.07, 6.45) is 3.34. The van der Waals surface area contributed by atoms with E-state index < -0.39 is 11.2 Å². The molecule has 9 heteroatoms. The third-order valence-corrected chi connectivity index (χ3v) is 6.71. The number of Topliss-reactive ketones (excluding diaryl/α,β-unsaturated/α-hetero) is 1. The van der Waals surface area contributed by atoms with Gasteiger partial charge < -0.3 is 9.30 Å². The lowest BCUT2D eigenvalue weighted by molar-refractivity contribution is 0.0832. The van der Waals surface area contributed by atoms with Crippen molar-refractivity contribution in [3.63, 3.8) is 0 Å². The smallest absolute Gasteiger partial charge is 0.330 e. The number of hydrogen-bond acceptors (Lipinski definition) is 6. The van der Waals surface area contributed by atoms with Crippen LogP contribution < -0.4 is 16.0 Å². The number of carbonyl (C=O) groups excluding carboxylic acids is 1. The van der Waals surface area contributed by atoms with Crippen LogP contribution in [0.1, 0.15) is 55.7 Å². The van der Waals surface area contributed by atoms with Gasteiger partial charge in [-0.3, -0.25) is 24.0 Å². The molecule has 1 fully saturated rings. The van der Waals surface area contributed by atoms with Crippen LogP contribution in [-0.2, 0) is 19.6 Å². The van der Waals surface area contributed by atoms with Gasteiger partial charge in [0.1, 0.15) is 11.6 Å². The van der Waals surface area contributed by atoms with Crippen molar-refractivity contribution in [2.45, 2.75) is 59.2 Å². The number of aromatic nitrogens is 4. The molecule has 0 radical (unpaired) electrons. The van der Waals surface area contributed by atoms with E-state index in [4.69, 9.17) is 9.72 Å². The first kappa shape index (κ1) is 23.9. The van der Waals surface area contributed by atoms with Gasteiger partial charge in [-0.05, 0) is 63.5 Å². The standard InChI is InChI=1S/C25H33N5O4/c1-4-6-13-30-23-21(24(32)27-25(30)33)29(5-2)20(26-23)16-28-14-11-18(12-15-28)22(31)17-7-9-19(34-3)10-8-17/h7-10,18H,4-6,11-16H2,1-3H3,(H,27,32,33). The van der Waals surface area contributed by atoms with Gasteiger partial charge in [0.05, 0.1) is 13.7 Å². The topological polar surface area (TPSA) is 102 Å². The van der Waals surface area contributed by atoms with Gasteiger partial charge in [0.2, 0.25) is 0 Å². The molecule has 1 aliphatic heterocycles. The summed E-state index contributed by atoms with van der Waals surface area (Å²) in [5.74, 6) is 1.69. The van der Waals surface area contributed by atoms with Crippen molar-refractivity contribution >= 4 is 16.9 Å². The molecule has 0 unspecified atom stereocenters. The molecular formula is C25H33N5O4. The molecule has 0 atom stereocenters. The summed E-state index contributed by atoms with van der Waals surface area (Å²) in [7, 11) is 1.61. The molecule has 4 rings (SSSR count). The van der Waals surface area contributed by atoms with E-state index in [1.807, 2.05) is 35.8 Å². The van der Waals surface area contributed by atoms with Gasteiger partial charge >= 0.3 is 5.69 Å². The fourth-order valence-corrected chi connectivity index (χ4v) is 4.75. The van der Waals surface area contributed by atoms with Crippen LogP contribution >= 0.6 is 0 Å². The number of piperidine rings is 1. The fourth-order valence-electron chi connectivity index (χ4n) is 4.75. The molecule has 182 valence electrons. The van der Waals surface area contributed by atoms with E-state index in [-0.39, 0.29) is 11.7 Å². The highest BCUT2D eigenvalue weighted by atomic mass is 16.5. The Labute approximate surface area is 198 Å². The number of methoxy groups -OCH3 is 1. The highest BCUT2D eigenvalue weighted by Crippen LogP contribution is 2.24. The predicted molar refractivity (Wildman–Crippen MR) is 131 cm³/mol. The maximum atomic E-state index is 12.9. The molecule has 0 bridgehead atoms. The number of rotatable bonds is 9. The Balaban J connectivity index is 1.50. The lowest BCUT2D eigenvalue weighted by Gasteiger charge is -2.31. The molecule has 9 nitrogen and oxygen atoms in total. The molecule has 0 saturated carbocycles. The van der Waals surface area contributed by atoms with Crippen LogP contribution in [0.4, 0.5) is 0 Å². The van der Waals surface area contributed by atoms with E-state index in [0.717, 1.165) is 55.9 Å². The Bertz CT molecular complexity index is 1260. The van der Waals surface area contributed by atoms with Crippen molar-refractivity contribution in [3.8, 4) is 5.75 Å². The second-order valence-corrected chi connectivity index (χ2v) is 8.85. The highest BCUT2D eigenvalue weighted by Gasteiger charge is 2.27. The van der Waals surface area contributed by atoms with Gasteiger partial charge in [-0.15, -0.1) is 0 Å².